The fourth-order valence-electron chi connectivity index (χ4n) is 1.22. The molecule has 2 rings (SSSR count). The second-order valence-corrected chi connectivity index (χ2v) is 3.20. The van der Waals surface area contributed by atoms with E-state index >= 15 is 0 Å². The fourth-order valence-corrected chi connectivity index (χ4v) is 1.22. The quantitative estimate of drug-likeness (QED) is 0.849. The van der Waals surface area contributed by atoms with E-state index in [0.29, 0.717) is 5.69 Å². The first-order valence-corrected chi connectivity index (χ1v) is 4.82. The Morgan fingerprint density at radius 1 is 1.53 bits per heavy atom. The van der Waals surface area contributed by atoms with Crippen LogP contribution >= 0.6 is 0 Å². The summed E-state index contributed by atoms with van der Waals surface area (Å²) in [5.41, 5.74) is 0.601. The van der Waals surface area contributed by atoms with Crippen LogP contribution in [-0.2, 0) is 11.2 Å². The third-order valence-corrected chi connectivity index (χ3v) is 1.92. The maximum Gasteiger partial charge on any atom is 0.233 e. The van der Waals surface area contributed by atoms with E-state index in [9.17, 15) is 4.79 Å². The van der Waals surface area contributed by atoms with Gasteiger partial charge in [0.05, 0.1) is 18.1 Å². The summed E-state index contributed by atoms with van der Waals surface area (Å²) in [5.74, 6) is 0.0291. The number of amides is 1. The van der Waals surface area contributed by atoms with Crippen molar-refractivity contribution in [3.05, 3.63) is 42.4 Å². The molecule has 0 saturated heterocycles. The summed E-state index contributed by atoms with van der Waals surface area (Å²) < 4.78 is 4.99. The smallest absolute Gasteiger partial charge is 0.233 e. The Kier molecular flexibility index (Phi) is 3.12. The average Bonchev–Trinajstić information content (AvgIpc) is 2.78. The first kappa shape index (κ1) is 10.8. The molecule has 2 aromatic rings. The molecule has 1 amide bonds. The number of carbonyl (C=O) groups is 1. The Morgan fingerprint density at radius 2 is 2.41 bits per heavy atom. The molecule has 0 spiro atoms. The highest BCUT2D eigenvalue weighted by atomic mass is 16.4. The summed E-state index contributed by atoms with van der Waals surface area (Å²) in [6.45, 7) is 0. The number of rotatable bonds is 3. The molecular weight excluding hydrogens is 220 g/mol. The lowest BCUT2D eigenvalue weighted by molar-refractivity contribution is -0.115. The zero-order valence-electron chi connectivity index (χ0n) is 8.75. The zero-order chi connectivity index (χ0) is 12.1. The molecule has 6 heteroatoms. The maximum atomic E-state index is 11.6. The molecule has 84 valence electrons. The van der Waals surface area contributed by atoms with Crippen LogP contribution in [0.3, 0.4) is 0 Å². The zero-order valence-corrected chi connectivity index (χ0v) is 8.75. The lowest BCUT2D eigenvalue weighted by Gasteiger charge is -2.01. The van der Waals surface area contributed by atoms with Crippen molar-refractivity contribution < 1.29 is 9.21 Å². The van der Waals surface area contributed by atoms with E-state index in [4.69, 9.17) is 9.68 Å². The number of pyridine rings is 1. The van der Waals surface area contributed by atoms with Gasteiger partial charge in [0.2, 0.25) is 17.6 Å². The average molecular weight is 228 g/mol. The molecule has 0 aliphatic heterocycles. The monoisotopic (exact) mass is 228 g/mol. The molecule has 0 aromatic carbocycles. The van der Waals surface area contributed by atoms with Gasteiger partial charge in [0.15, 0.2) is 0 Å². The van der Waals surface area contributed by atoms with Crippen LogP contribution in [0.4, 0.5) is 5.69 Å². The highest BCUT2D eigenvalue weighted by molar-refractivity contribution is 5.91. The minimum Gasteiger partial charge on any atom is -0.430 e. The third-order valence-electron chi connectivity index (χ3n) is 1.92. The van der Waals surface area contributed by atoms with Crippen LogP contribution in [0.1, 0.15) is 11.7 Å². The van der Waals surface area contributed by atoms with Crippen molar-refractivity contribution in [1.29, 1.82) is 5.26 Å². The van der Waals surface area contributed by atoms with Gasteiger partial charge < -0.3 is 9.73 Å². The molecule has 0 unspecified atom stereocenters. The molecule has 6 nitrogen and oxygen atoms in total. The van der Waals surface area contributed by atoms with Crippen LogP contribution in [0.25, 0.3) is 0 Å². The number of nitrogens with zero attached hydrogens (tertiary/aromatic N) is 3. The lowest BCUT2D eigenvalue weighted by Crippen LogP contribution is -2.14. The summed E-state index contributed by atoms with van der Waals surface area (Å²) in [7, 11) is 0. The molecule has 0 fully saturated rings. The van der Waals surface area contributed by atoms with Gasteiger partial charge in [-0.05, 0) is 12.1 Å². The minimum atomic E-state index is -0.274. The maximum absolute atomic E-state index is 11.6. The second kappa shape index (κ2) is 4.90. The number of nitriles is 1. The molecule has 0 aliphatic rings. The Bertz CT molecular complexity index is 556. The molecule has 0 saturated carbocycles. The molecule has 0 atom stereocenters. The van der Waals surface area contributed by atoms with E-state index in [1.807, 2.05) is 0 Å². The minimum absolute atomic E-state index is 0.0173. The summed E-state index contributed by atoms with van der Waals surface area (Å²) in [4.78, 5) is 19.2. The lowest BCUT2D eigenvalue weighted by atomic mass is 10.3. The van der Waals surface area contributed by atoms with Crippen molar-refractivity contribution in [3.8, 4) is 6.07 Å². The van der Waals surface area contributed by atoms with Crippen LogP contribution in [-0.4, -0.2) is 15.9 Å². The molecule has 0 aliphatic carbocycles. The highest BCUT2D eigenvalue weighted by Crippen LogP contribution is 2.06. The number of nitrogens with one attached hydrogen (secondary N) is 1. The van der Waals surface area contributed by atoms with Gasteiger partial charge in [0.1, 0.15) is 12.5 Å². The van der Waals surface area contributed by atoms with Crippen molar-refractivity contribution in [2.24, 2.45) is 0 Å². The van der Waals surface area contributed by atoms with Crippen LogP contribution < -0.4 is 5.32 Å². The van der Waals surface area contributed by atoms with Gasteiger partial charge in [-0.2, -0.15) is 5.26 Å². The van der Waals surface area contributed by atoms with E-state index in [2.05, 4.69) is 15.3 Å². The Balaban J connectivity index is 1.96. The van der Waals surface area contributed by atoms with Crippen LogP contribution in [0.5, 0.6) is 0 Å². The van der Waals surface area contributed by atoms with Crippen molar-refractivity contribution >= 4 is 11.6 Å². The van der Waals surface area contributed by atoms with Crippen LogP contribution in [0.15, 0.2) is 35.1 Å². The Morgan fingerprint density at radius 3 is 3.06 bits per heavy atom. The van der Waals surface area contributed by atoms with E-state index in [-0.39, 0.29) is 24.0 Å². The van der Waals surface area contributed by atoms with Gasteiger partial charge >= 0.3 is 0 Å². The van der Waals surface area contributed by atoms with E-state index < -0.39 is 0 Å². The van der Waals surface area contributed by atoms with Crippen molar-refractivity contribution in [2.45, 2.75) is 6.42 Å². The summed E-state index contributed by atoms with van der Waals surface area (Å²) in [5, 5.41) is 11.2. The SMILES string of the molecule is N#Cc1cnc(CC(=O)Nc2cccnc2)o1. The van der Waals surface area contributed by atoms with E-state index in [1.165, 1.54) is 12.4 Å². The van der Waals surface area contributed by atoms with Crippen LogP contribution in [0, 0.1) is 11.3 Å². The van der Waals surface area contributed by atoms with Gasteiger partial charge in [-0.1, -0.05) is 0 Å². The van der Waals surface area contributed by atoms with Gasteiger partial charge in [-0.15, -0.1) is 0 Å². The molecule has 1 N–H and O–H groups in total. The van der Waals surface area contributed by atoms with Crippen molar-refractivity contribution in [3.63, 3.8) is 0 Å². The number of aromatic nitrogens is 2. The Labute approximate surface area is 96.9 Å². The van der Waals surface area contributed by atoms with Crippen molar-refractivity contribution in [1.82, 2.24) is 9.97 Å². The summed E-state index contributed by atoms with van der Waals surface area (Å²) >= 11 is 0. The topological polar surface area (TPSA) is 91.8 Å². The van der Waals surface area contributed by atoms with E-state index in [1.54, 1.807) is 24.4 Å². The van der Waals surface area contributed by atoms with Crippen LogP contribution in [0.2, 0.25) is 0 Å². The fraction of sp³-hybridized carbons (Fsp3) is 0.0909. The molecule has 0 radical (unpaired) electrons. The number of oxazole rings is 1. The first-order chi connectivity index (χ1) is 8.28. The molecular formula is C11H8N4O2. The van der Waals surface area contributed by atoms with Gasteiger partial charge in [0.25, 0.3) is 0 Å². The first-order valence-electron chi connectivity index (χ1n) is 4.82. The number of hydrogen-bond acceptors (Lipinski definition) is 5. The largest absolute Gasteiger partial charge is 0.430 e. The molecule has 0 bridgehead atoms. The van der Waals surface area contributed by atoms with Gasteiger partial charge in [-0.3, -0.25) is 9.78 Å². The molecule has 2 aromatic heterocycles. The second-order valence-electron chi connectivity index (χ2n) is 3.20. The molecule has 17 heavy (non-hydrogen) atoms. The highest BCUT2D eigenvalue weighted by Gasteiger charge is 2.09. The summed E-state index contributed by atoms with van der Waals surface area (Å²) in [6.07, 6.45) is 4.42. The summed E-state index contributed by atoms with van der Waals surface area (Å²) in [6, 6.07) is 5.24. The standard InChI is InChI=1S/C11H8N4O2/c12-5-9-7-14-11(17-9)4-10(16)15-8-2-1-3-13-6-8/h1-3,6-7H,4H2,(H,15,16). The molecule has 2 heterocycles. The number of carbonyl (C=O) groups excluding carboxylic acids is 1. The number of hydrogen-bond donors (Lipinski definition) is 1. The predicted molar refractivity (Wildman–Crippen MR) is 57.8 cm³/mol. The van der Waals surface area contributed by atoms with Crippen molar-refractivity contribution in [2.75, 3.05) is 5.32 Å². The normalized spacial score (nSPS) is 9.59. The van der Waals surface area contributed by atoms with E-state index in [0.717, 1.165) is 0 Å². The number of anilines is 1. The van der Waals surface area contributed by atoms with Gasteiger partial charge in [-0.25, -0.2) is 4.98 Å². The van der Waals surface area contributed by atoms with Gasteiger partial charge in [0, 0.05) is 6.20 Å². The third kappa shape index (κ3) is 2.89. The predicted octanol–water partition coefficient (Wildman–Crippen LogP) is 1.12. The Hall–Kier alpha value is -2.68.